The standard InChI is InChI=1S/C30H43N3O4S/c1-6-26(34)32-25-19-28(2,3)33(29(25,4)5)38(36,37)24-9-7-23(8-10-24)27(35)31-12-11-30-16-20-13-21(17-30)15-22(14-20)18-30/h6-10,20-22,25H,1,11-19H2,2-5H3,(H,31,35)(H,32,34). The molecule has 5 aliphatic rings. The van der Waals surface area contributed by atoms with Crippen LogP contribution in [0.4, 0.5) is 0 Å². The van der Waals surface area contributed by atoms with Crippen molar-refractivity contribution in [1.82, 2.24) is 14.9 Å². The highest BCUT2D eigenvalue weighted by Gasteiger charge is 2.57. The molecule has 2 N–H and O–H groups in total. The van der Waals surface area contributed by atoms with Crippen molar-refractivity contribution in [2.45, 2.75) is 101 Å². The monoisotopic (exact) mass is 541 g/mol. The highest BCUT2D eigenvalue weighted by molar-refractivity contribution is 7.89. The van der Waals surface area contributed by atoms with E-state index in [0.717, 1.165) is 24.2 Å². The lowest BCUT2D eigenvalue weighted by Crippen LogP contribution is -2.56. The fraction of sp³-hybridized carbons (Fsp3) is 0.667. The zero-order chi connectivity index (χ0) is 27.5. The van der Waals surface area contributed by atoms with Gasteiger partial charge < -0.3 is 10.6 Å². The molecule has 1 heterocycles. The van der Waals surface area contributed by atoms with Crippen molar-refractivity contribution in [2.24, 2.45) is 23.2 Å². The van der Waals surface area contributed by atoms with E-state index >= 15 is 0 Å². The van der Waals surface area contributed by atoms with Gasteiger partial charge in [-0.15, -0.1) is 0 Å². The van der Waals surface area contributed by atoms with Gasteiger partial charge in [0.25, 0.3) is 5.91 Å². The first-order valence-corrected chi connectivity index (χ1v) is 15.6. The lowest BCUT2D eigenvalue weighted by molar-refractivity contribution is -0.117. The molecular formula is C30H43N3O4S. The number of rotatable bonds is 8. The van der Waals surface area contributed by atoms with Gasteiger partial charge in [-0.1, -0.05) is 6.58 Å². The summed E-state index contributed by atoms with van der Waals surface area (Å²) in [5.41, 5.74) is -0.688. The van der Waals surface area contributed by atoms with Crippen LogP contribution in [0, 0.1) is 23.2 Å². The number of nitrogens with one attached hydrogen (secondary N) is 2. The zero-order valence-electron chi connectivity index (χ0n) is 23.3. The molecule has 38 heavy (non-hydrogen) atoms. The summed E-state index contributed by atoms with van der Waals surface area (Å²) in [6.45, 7) is 11.6. The molecule has 4 saturated carbocycles. The van der Waals surface area contributed by atoms with E-state index < -0.39 is 21.1 Å². The van der Waals surface area contributed by atoms with Crippen LogP contribution in [0.2, 0.25) is 0 Å². The van der Waals surface area contributed by atoms with Crippen molar-refractivity contribution >= 4 is 21.8 Å². The molecule has 5 fully saturated rings. The van der Waals surface area contributed by atoms with E-state index in [2.05, 4.69) is 17.2 Å². The first-order valence-electron chi connectivity index (χ1n) is 14.1. The Kier molecular flexibility index (Phi) is 6.83. The van der Waals surface area contributed by atoms with Crippen molar-refractivity contribution in [3.8, 4) is 0 Å². The topological polar surface area (TPSA) is 95.6 Å². The average Bonchev–Trinajstić information content (AvgIpc) is 3.00. The molecule has 0 aromatic heterocycles. The minimum absolute atomic E-state index is 0.138. The van der Waals surface area contributed by atoms with E-state index in [9.17, 15) is 18.0 Å². The molecule has 7 nitrogen and oxygen atoms in total. The molecule has 0 radical (unpaired) electrons. The third-order valence-electron chi connectivity index (χ3n) is 9.89. The van der Waals surface area contributed by atoms with Gasteiger partial charge >= 0.3 is 0 Å². The van der Waals surface area contributed by atoms with Crippen LogP contribution in [0.1, 0.15) is 89.4 Å². The van der Waals surface area contributed by atoms with E-state index in [1.165, 1.54) is 61.0 Å². The van der Waals surface area contributed by atoms with Gasteiger partial charge in [0.15, 0.2) is 0 Å². The molecule has 1 aromatic rings. The fourth-order valence-corrected chi connectivity index (χ4v) is 11.0. The Morgan fingerprint density at radius 3 is 2.05 bits per heavy atom. The molecule has 1 atom stereocenters. The van der Waals surface area contributed by atoms with Gasteiger partial charge in [-0.25, -0.2) is 8.42 Å². The van der Waals surface area contributed by atoms with Crippen LogP contribution in [0.25, 0.3) is 0 Å². The van der Waals surface area contributed by atoms with Crippen LogP contribution in [-0.4, -0.2) is 48.2 Å². The Bertz CT molecular complexity index is 1180. The van der Waals surface area contributed by atoms with Gasteiger partial charge in [0.1, 0.15) is 0 Å². The van der Waals surface area contributed by atoms with Crippen molar-refractivity contribution in [3.63, 3.8) is 0 Å². The summed E-state index contributed by atoms with van der Waals surface area (Å²) in [4.78, 5) is 25.0. The molecule has 6 rings (SSSR count). The van der Waals surface area contributed by atoms with Crippen LogP contribution in [0.15, 0.2) is 41.8 Å². The Morgan fingerprint density at radius 1 is 0.974 bits per heavy atom. The second kappa shape index (κ2) is 9.47. The van der Waals surface area contributed by atoms with E-state index in [0.29, 0.717) is 23.9 Å². The van der Waals surface area contributed by atoms with Crippen molar-refractivity contribution in [1.29, 1.82) is 0 Å². The SMILES string of the molecule is C=CC(=O)NC1CC(C)(C)N(S(=O)(=O)c2ccc(C(=O)NCCC34CC5CC(CC(C5)C3)C4)cc2)C1(C)C. The molecule has 1 saturated heterocycles. The number of nitrogens with zero attached hydrogens (tertiary/aromatic N) is 1. The molecule has 2 amide bonds. The zero-order valence-corrected chi connectivity index (χ0v) is 24.1. The Balaban J connectivity index is 1.24. The summed E-state index contributed by atoms with van der Waals surface area (Å²) in [5.74, 6) is 2.20. The van der Waals surface area contributed by atoms with E-state index in [1.54, 1.807) is 12.1 Å². The summed E-state index contributed by atoms with van der Waals surface area (Å²) in [5, 5.41) is 5.99. The van der Waals surface area contributed by atoms with Crippen LogP contribution in [0.3, 0.4) is 0 Å². The van der Waals surface area contributed by atoms with Gasteiger partial charge in [-0.3, -0.25) is 9.59 Å². The summed E-state index contributed by atoms with van der Waals surface area (Å²) in [6.07, 6.45) is 10.9. The molecule has 1 unspecified atom stereocenters. The highest BCUT2D eigenvalue weighted by atomic mass is 32.2. The molecule has 1 aromatic carbocycles. The minimum Gasteiger partial charge on any atom is -0.352 e. The predicted octanol–water partition coefficient (Wildman–Crippen LogP) is 4.65. The summed E-state index contributed by atoms with van der Waals surface area (Å²) in [6, 6.07) is 5.87. The first-order chi connectivity index (χ1) is 17.8. The Morgan fingerprint density at radius 2 is 1.53 bits per heavy atom. The van der Waals surface area contributed by atoms with Crippen LogP contribution in [-0.2, 0) is 14.8 Å². The van der Waals surface area contributed by atoms with Crippen LogP contribution in [0.5, 0.6) is 0 Å². The quantitative estimate of drug-likeness (QED) is 0.469. The predicted molar refractivity (Wildman–Crippen MR) is 148 cm³/mol. The number of carbonyl (C=O) groups excluding carboxylic acids is 2. The number of amides is 2. The third-order valence-corrected chi connectivity index (χ3v) is 12.2. The largest absolute Gasteiger partial charge is 0.352 e. The Hall–Kier alpha value is -2.19. The van der Waals surface area contributed by atoms with Gasteiger partial charge in [-0.2, -0.15) is 4.31 Å². The summed E-state index contributed by atoms with van der Waals surface area (Å²) in [7, 11) is -3.89. The second-order valence-electron chi connectivity index (χ2n) is 13.7. The lowest BCUT2D eigenvalue weighted by Gasteiger charge is -2.57. The molecule has 208 valence electrons. The normalized spacial score (nSPS) is 33.2. The van der Waals surface area contributed by atoms with Gasteiger partial charge in [0.2, 0.25) is 15.9 Å². The van der Waals surface area contributed by atoms with E-state index in [4.69, 9.17) is 0 Å². The molecule has 1 aliphatic heterocycles. The third kappa shape index (κ3) is 4.83. The Labute approximate surface area is 227 Å². The van der Waals surface area contributed by atoms with Crippen LogP contribution >= 0.6 is 0 Å². The molecular weight excluding hydrogens is 498 g/mol. The average molecular weight is 542 g/mol. The highest BCUT2D eigenvalue weighted by Crippen LogP contribution is 2.61. The maximum absolute atomic E-state index is 13.8. The maximum atomic E-state index is 13.8. The fourth-order valence-electron chi connectivity index (χ4n) is 8.87. The van der Waals surface area contributed by atoms with E-state index in [-0.39, 0.29) is 22.8 Å². The van der Waals surface area contributed by atoms with Crippen molar-refractivity contribution < 1.29 is 18.0 Å². The summed E-state index contributed by atoms with van der Waals surface area (Å²) >= 11 is 0. The lowest BCUT2D eigenvalue weighted by atomic mass is 9.49. The second-order valence-corrected chi connectivity index (χ2v) is 15.4. The van der Waals surface area contributed by atoms with Gasteiger partial charge in [-0.05, 0) is 133 Å². The first kappa shape index (κ1) is 27.4. The number of carbonyl (C=O) groups is 2. The molecule has 4 bridgehead atoms. The van der Waals surface area contributed by atoms with Crippen molar-refractivity contribution in [2.75, 3.05) is 6.54 Å². The molecule has 4 aliphatic carbocycles. The summed E-state index contributed by atoms with van der Waals surface area (Å²) < 4.78 is 29.1. The maximum Gasteiger partial charge on any atom is 0.251 e. The number of benzene rings is 1. The van der Waals surface area contributed by atoms with Gasteiger partial charge in [0, 0.05) is 23.7 Å². The number of hydrogen-bond acceptors (Lipinski definition) is 4. The number of sulfonamides is 1. The molecule has 0 spiro atoms. The smallest absolute Gasteiger partial charge is 0.251 e. The van der Waals surface area contributed by atoms with Crippen LogP contribution < -0.4 is 10.6 Å². The van der Waals surface area contributed by atoms with Gasteiger partial charge in [0.05, 0.1) is 10.4 Å². The molecule has 8 heteroatoms. The van der Waals surface area contributed by atoms with Crippen molar-refractivity contribution in [3.05, 3.63) is 42.5 Å². The minimum atomic E-state index is -3.89. The van der Waals surface area contributed by atoms with E-state index in [1.807, 2.05) is 27.7 Å². The number of hydrogen-bond donors (Lipinski definition) is 2.